The maximum Gasteiger partial charge on any atom is 0.305 e. The van der Waals surface area contributed by atoms with E-state index in [2.05, 4.69) is 4.74 Å². The van der Waals surface area contributed by atoms with E-state index < -0.39 is 10.0 Å². The normalized spacial score (nSPS) is 12.1. The number of rotatable bonds is 8. The number of sulfonamides is 1. The van der Waals surface area contributed by atoms with Gasteiger partial charge in [-0.15, -0.1) is 11.3 Å². The summed E-state index contributed by atoms with van der Waals surface area (Å²) in [5.41, 5.74) is 0. The van der Waals surface area contributed by atoms with Crippen LogP contribution in [0.25, 0.3) is 0 Å². The van der Waals surface area contributed by atoms with Crippen molar-refractivity contribution in [2.45, 2.75) is 39.3 Å². The first-order valence-electron chi connectivity index (χ1n) is 6.45. The summed E-state index contributed by atoms with van der Waals surface area (Å²) in [7, 11) is -2.07. The highest BCUT2D eigenvalue weighted by atomic mass is 32.2. The fourth-order valence-electron chi connectivity index (χ4n) is 1.78. The molecule has 0 aliphatic carbocycles. The van der Waals surface area contributed by atoms with E-state index in [-0.39, 0.29) is 30.6 Å². The monoisotopic (exact) mass is 319 g/mol. The van der Waals surface area contributed by atoms with Crippen LogP contribution in [-0.2, 0) is 26.1 Å². The second kappa shape index (κ2) is 7.75. The Balaban J connectivity index is 2.66. The van der Waals surface area contributed by atoms with E-state index in [0.29, 0.717) is 6.54 Å². The van der Waals surface area contributed by atoms with Gasteiger partial charge in [-0.1, -0.05) is 6.07 Å². The summed E-state index contributed by atoms with van der Waals surface area (Å²) in [6.45, 7) is 4.09. The molecule has 0 amide bonds. The molecule has 1 rings (SSSR count). The minimum atomic E-state index is -3.37. The van der Waals surface area contributed by atoms with Gasteiger partial charge in [0.1, 0.15) is 0 Å². The molecule has 0 atom stereocenters. The molecule has 7 heteroatoms. The summed E-state index contributed by atoms with van der Waals surface area (Å²) in [6, 6.07) is 3.71. The van der Waals surface area contributed by atoms with Gasteiger partial charge in [-0.25, -0.2) is 8.42 Å². The zero-order valence-corrected chi connectivity index (χ0v) is 13.7. The molecule has 114 valence electrons. The molecule has 1 aromatic rings. The lowest BCUT2D eigenvalue weighted by atomic mass is 10.3. The molecule has 0 bridgehead atoms. The Hall–Kier alpha value is -0.920. The standard InChI is InChI=1S/C13H21NO4S2/c1-11(2)14(10-12-6-4-8-19-12)20(16,17)9-5-7-13(15)18-3/h4,6,8,11H,5,7,9-10H2,1-3H3. The highest BCUT2D eigenvalue weighted by molar-refractivity contribution is 7.89. The van der Waals surface area contributed by atoms with Crippen molar-refractivity contribution in [1.82, 2.24) is 4.31 Å². The SMILES string of the molecule is COC(=O)CCCS(=O)(=O)N(Cc1cccs1)C(C)C. The molecule has 0 aromatic carbocycles. The predicted octanol–water partition coefficient (Wildman–Crippen LogP) is 2.24. The minimum absolute atomic E-state index is 0.0361. The van der Waals surface area contributed by atoms with Gasteiger partial charge in [-0.2, -0.15) is 4.31 Å². The third-order valence-electron chi connectivity index (χ3n) is 2.84. The molecule has 0 N–H and O–H groups in total. The van der Waals surface area contributed by atoms with E-state index in [0.717, 1.165) is 4.88 Å². The van der Waals surface area contributed by atoms with Gasteiger partial charge in [-0.3, -0.25) is 4.79 Å². The Labute approximate surface area is 124 Å². The topological polar surface area (TPSA) is 63.7 Å². The van der Waals surface area contributed by atoms with Crippen LogP contribution < -0.4 is 0 Å². The fourth-order valence-corrected chi connectivity index (χ4v) is 4.28. The Morgan fingerprint density at radius 2 is 2.15 bits per heavy atom. The maximum absolute atomic E-state index is 12.3. The number of hydrogen-bond acceptors (Lipinski definition) is 5. The van der Waals surface area contributed by atoms with Crippen LogP contribution in [0.15, 0.2) is 17.5 Å². The van der Waals surface area contributed by atoms with Gasteiger partial charge in [0.05, 0.1) is 12.9 Å². The third kappa shape index (κ3) is 5.22. The Kier molecular flexibility index (Phi) is 6.64. The van der Waals surface area contributed by atoms with Crippen LogP contribution in [0, 0.1) is 0 Å². The molecule has 0 radical (unpaired) electrons. The van der Waals surface area contributed by atoms with Crippen molar-refractivity contribution in [3.05, 3.63) is 22.4 Å². The summed E-state index contributed by atoms with van der Waals surface area (Å²) in [5.74, 6) is -0.416. The van der Waals surface area contributed by atoms with Crippen molar-refractivity contribution < 1.29 is 17.9 Å². The quantitative estimate of drug-likeness (QED) is 0.689. The molecule has 1 aromatic heterocycles. The minimum Gasteiger partial charge on any atom is -0.469 e. The Morgan fingerprint density at radius 3 is 2.65 bits per heavy atom. The molecule has 0 spiro atoms. The second-order valence-corrected chi connectivity index (χ2v) is 7.79. The first-order chi connectivity index (χ1) is 9.36. The average molecular weight is 319 g/mol. The lowest BCUT2D eigenvalue weighted by Gasteiger charge is -2.25. The lowest BCUT2D eigenvalue weighted by molar-refractivity contribution is -0.140. The molecule has 0 aliphatic heterocycles. The summed E-state index contributed by atoms with van der Waals surface area (Å²) >= 11 is 1.54. The predicted molar refractivity (Wildman–Crippen MR) is 80.0 cm³/mol. The number of ether oxygens (including phenoxy) is 1. The number of esters is 1. The molecule has 0 unspecified atom stereocenters. The number of nitrogens with zero attached hydrogens (tertiary/aromatic N) is 1. The summed E-state index contributed by atoms with van der Waals surface area (Å²) < 4.78 is 30.7. The van der Waals surface area contributed by atoms with Crippen molar-refractivity contribution in [3.8, 4) is 0 Å². The largest absolute Gasteiger partial charge is 0.469 e. The average Bonchev–Trinajstić information content (AvgIpc) is 2.87. The van der Waals surface area contributed by atoms with Crippen LogP contribution >= 0.6 is 11.3 Å². The molecule has 5 nitrogen and oxygen atoms in total. The van der Waals surface area contributed by atoms with Crippen LogP contribution in [0.5, 0.6) is 0 Å². The van der Waals surface area contributed by atoms with E-state index in [4.69, 9.17) is 0 Å². The smallest absolute Gasteiger partial charge is 0.305 e. The number of carbonyl (C=O) groups excluding carboxylic acids is 1. The number of thiophene rings is 1. The molecule has 0 saturated heterocycles. The van der Waals surface area contributed by atoms with E-state index in [1.807, 2.05) is 31.4 Å². The highest BCUT2D eigenvalue weighted by Crippen LogP contribution is 2.18. The number of hydrogen-bond donors (Lipinski definition) is 0. The third-order valence-corrected chi connectivity index (χ3v) is 5.77. The molecule has 0 saturated carbocycles. The van der Waals surface area contributed by atoms with Crippen LogP contribution in [0.4, 0.5) is 0 Å². The first-order valence-corrected chi connectivity index (χ1v) is 8.94. The van der Waals surface area contributed by atoms with Crippen molar-refractivity contribution in [1.29, 1.82) is 0 Å². The van der Waals surface area contributed by atoms with Gasteiger partial charge in [0, 0.05) is 23.9 Å². The summed E-state index contributed by atoms with van der Waals surface area (Å²) in [4.78, 5) is 12.0. The van der Waals surface area contributed by atoms with Crippen LogP contribution in [-0.4, -0.2) is 37.6 Å². The van der Waals surface area contributed by atoms with Crippen molar-refractivity contribution in [3.63, 3.8) is 0 Å². The summed E-state index contributed by atoms with van der Waals surface area (Å²) in [6.07, 6.45) is 0.406. The van der Waals surface area contributed by atoms with Gasteiger partial charge >= 0.3 is 5.97 Å². The molecule has 20 heavy (non-hydrogen) atoms. The van der Waals surface area contributed by atoms with E-state index in [1.54, 1.807) is 0 Å². The van der Waals surface area contributed by atoms with E-state index in [9.17, 15) is 13.2 Å². The second-order valence-electron chi connectivity index (χ2n) is 4.71. The molecule has 1 heterocycles. The van der Waals surface area contributed by atoms with Gasteiger partial charge in [0.15, 0.2) is 0 Å². The van der Waals surface area contributed by atoms with Gasteiger partial charge in [0.2, 0.25) is 10.0 Å². The van der Waals surface area contributed by atoms with E-state index >= 15 is 0 Å². The lowest BCUT2D eigenvalue weighted by Crippen LogP contribution is -2.37. The van der Waals surface area contributed by atoms with Crippen molar-refractivity contribution in [2.24, 2.45) is 0 Å². The first kappa shape index (κ1) is 17.1. The van der Waals surface area contributed by atoms with Crippen molar-refractivity contribution >= 4 is 27.3 Å². The zero-order chi connectivity index (χ0) is 15.2. The van der Waals surface area contributed by atoms with E-state index in [1.165, 1.54) is 22.8 Å². The molecular formula is C13H21NO4S2. The van der Waals surface area contributed by atoms with Crippen LogP contribution in [0.3, 0.4) is 0 Å². The van der Waals surface area contributed by atoms with Crippen molar-refractivity contribution in [2.75, 3.05) is 12.9 Å². The molecule has 0 fully saturated rings. The molecular weight excluding hydrogens is 298 g/mol. The van der Waals surface area contributed by atoms with Crippen LogP contribution in [0.1, 0.15) is 31.6 Å². The van der Waals surface area contributed by atoms with Gasteiger partial charge < -0.3 is 4.74 Å². The highest BCUT2D eigenvalue weighted by Gasteiger charge is 2.25. The maximum atomic E-state index is 12.3. The van der Waals surface area contributed by atoms with Crippen LogP contribution in [0.2, 0.25) is 0 Å². The summed E-state index contributed by atoms with van der Waals surface area (Å²) in [5, 5.41) is 1.93. The number of carbonyl (C=O) groups is 1. The fraction of sp³-hybridized carbons (Fsp3) is 0.615. The molecule has 0 aliphatic rings. The Morgan fingerprint density at radius 1 is 1.45 bits per heavy atom. The Bertz CT molecular complexity index is 508. The zero-order valence-electron chi connectivity index (χ0n) is 12.0. The van der Waals surface area contributed by atoms with Gasteiger partial charge in [-0.05, 0) is 31.7 Å². The number of methoxy groups -OCH3 is 1. The van der Waals surface area contributed by atoms with Gasteiger partial charge in [0.25, 0.3) is 0 Å².